The third kappa shape index (κ3) is 2.58. The standard InChI is InChI=1S/C18H13ClN2OS/c19-13-7-5-12(6-8-13)11-15-14-3-1-2-4-16(14)21(17(15)22)18-20-9-10-23-18/h1-8,11H,9-10H2. The molecule has 0 saturated heterocycles. The van der Waals surface area contributed by atoms with Crippen LogP contribution in [0.4, 0.5) is 5.69 Å². The highest BCUT2D eigenvalue weighted by molar-refractivity contribution is 8.14. The van der Waals surface area contributed by atoms with E-state index < -0.39 is 0 Å². The van der Waals surface area contributed by atoms with Gasteiger partial charge in [-0.05, 0) is 29.8 Å². The molecular weight excluding hydrogens is 328 g/mol. The average Bonchev–Trinajstić information content (AvgIpc) is 3.17. The number of hydrogen-bond acceptors (Lipinski definition) is 3. The van der Waals surface area contributed by atoms with Gasteiger partial charge in [-0.15, -0.1) is 0 Å². The molecular formula is C18H13ClN2OS. The molecule has 2 aromatic carbocycles. The number of amides is 1. The number of thioether (sulfide) groups is 1. The fraction of sp³-hybridized carbons (Fsp3) is 0.111. The zero-order chi connectivity index (χ0) is 15.8. The molecule has 0 radical (unpaired) electrons. The Morgan fingerprint density at radius 1 is 1.13 bits per heavy atom. The second-order valence-corrected chi connectivity index (χ2v) is 6.78. The topological polar surface area (TPSA) is 32.7 Å². The molecule has 0 fully saturated rings. The third-order valence-corrected chi connectivity index (χ3v) is 5.02. The SMILES string of the molecule is O=C1C(=Cc2ccc(Cl)cc2)c2ccccc2N1C1=NCCS1. The molecule has 2 heterocycles. The number of halogens is 1. The maximum atomic E-state index is 13.0. The molecule has 5 heteroatoms. The summed E-state index contributed by atoms with van der Waals surface area (Å²) >= 11 is 7.56. The minimum atomic E-state index is -0.0192. The molecule has 114 valence electrons. The van der Waals surface area contributed by atoms with E-state index in [-0.39, 0.29) is 5.91 Å². The first-order chi connectivity index (χ1) is 11.2. The zero-order valence-electron chi connectivity index (χ0n) is 12.2. The molecule has 23 heavy (non-hydrogen) atoms. The second-order valence-electron chi connectivity index (χ2n) is 5.28. The van der Waals surface area contributed by atoms with Gasteiger partial charge in [-0.1, -0.05) is 53.7 Å². The van der Waals surface area contributed by atoms with Gasteiger partial charge in [0.1, 0.15) is 0 Å². The summed E-state index contributed by atoms with van der Waals surface area (Å²) in [7, 11) is 0. The van der Waals surface area contributed by atoms with Gasteiger partial charge in [0.15, 0.2) is 5.17 Å². The Labute approximate surface area is 143 Å². The summed E-state index contributed by atoms with van der Waals surface area (Å²) in [6.07, 6.45) is 1.91. The van der Waals surface area contributed by atoms with Crippen LogP contribution in [0.1, 0.15) is 11.1 Å². The molecule has 0 aromatic heterocycles. The molecule has 0 aliphatic carbocycles. The number of fused-ring (bicyclic) bond motifs is 1. The first-order valence-electron chi connectivity index (χ1n) is 7.32. The Morgan fingerprint density at radius 3 is 2.65 bits per heavy atom. The highest BCUT2D eigenvalue weighted by Crippen LogP contribution is 2.40. The minimum Gasteiger partial charge on any atom is -0.268 e. The van der Waals surface area contributed by atoms with Gasteiger partial charge >= 0.3 is 0 Å². The van der Waals surface area contributed by atoms with Crippen molar-refractivity contribution in [2.75, 3.05) is 17.2 Å². The zero-order valence-corrected chi connectivity index (χ0v) is 13.8. The van der Waals surface area contributed by atoms with E-state index in [0.29, 0.717) is 10.6 Å². The van der Waals surface area contributed by atoms with E-state index in [0.717, 1.165) is 34.3 Å². The lowest BCUT2D eigenvalue weighted by Crippen LogP contribution is -2.30. The Hall–Kier alpha value is -2.04. The fourth-order valence-electron chi connectivity index (χ4n) is 2.76. The van der Waals surface area contributed by atoms with Crippen molar-refractivity contribution in [3.05, 3.63) is 64.7 Å². The van der Waals surface area contributed by atoms with Crippen LogP contribution in [0.25, 0.3) is 11.6 Å². The van der Waals surface area contributed by atoms with Crippen molar-refractivity contribution in [3.63, 3.8) is 0 Å². The fourth-order valence-corrected chi connectivity index (χ4v) is 3.74. The lowest BCUT2D eigenvalue weighted by Gasteiger charge is -2.15. The molecule has 0 bridgehead atoms. The van der Waals surface area contributed by atoms with Crippen molar-refractivity contribution < 1.29 is 4.79 Å². The Bertz CT molecular complexity index is 842. The maximum Gasteiger partial charge on any atom is 0.265 e. The van der Waals surface area contributed by atoms with E-state index in [9.17, 15) is 4.79 Å². The molecule has 0 atom stereocenters. The number of hydrogen-bond donors (Lipinski definition) is 0. The summed E-state index contributed by atoms with van der Waals surface area (Å²) in [4.78, 5) is 19.1. The summed E-state index contributed by atoms with van der Waals surface area (Å²) in [5, 5.41) is 1.48. The lowest BCUT2D eigenvalue weighted by atomic mass is 10.0. The molecule has 3 nitrogen and oxygen atoms in total. The van der Waals surface area contributed by atoms with Crippen LogP contribution in [0, 0.1) is 0 Å². The van der Waals surface area contributed by atoms with Crippen molar-refractivity contribution in [2.45, 2.75) is 0 Å². The van der Waals surface area contributed by atoms with Crippen molar-refractivity contribution in [1.82, 2.24) is 0 Å². The number of carbonyl (C=O) groups is 1. The van der Waals surface area contributed by atoms with Crippen LogP contribution in [0.2, 0.25) is 5.02 Å². The second kappa shape index (κ2) is 5.87. The van der Waals surface area contributed by atoms with Gasteiger partial charge in [-0.3, -0.25) is 14.7 Å². The normalized spacial score (nSPS) is 18.5. The van der Waals surface area contributed by atoms with Gasteiger partial charge in [0.2, 0.25) is 0 Å². The summed E-state index contributed by atoms with van der Waals surface area (Å²) in [6, 6.07) is 15.3. The highest BCUT2D eigenvalue weighted by Gasteiger charge is 2.36. The number of rotatable bonds is 1. The number of aliphatic imine (C=N–C) groups is 1. The number of nitrogens with zero attached hydrogens (tertiary/aromatic N) is 2. The molecule has 1 amide bonds. The molecule has 2 aliphatic heterocycles. The van der Waals surface area contributed by atoms with E-state index in [1.54, 1.807) is 16.7 Å². The van der Waals surface area contributed by atoms with Crippen LogP contribution >= 0.6 is 23.4 Å². The number of para-hydroxylation sites is 1. The van der Waals surface area contributed by atoms with Crippen LogP contribution < -0.4 is 4.90 Å². The van der Waals surface area contributed by atoms with Gasteiger partial charge < -0.3 is 0 Å². The van der Waals surface area contributed by atoms with Crippen molar-refractivity contribution in [2.24, 2.45) is 4.99 Å². The largest absolute Gasteiger partial charge is 0.268 e. The van der Waals surface area contributed by atoms with Gasteiger partial charge in [0.05, 0.1) is 17.8 Å². The van der Waals surface area contributed by atoms with E-state index >= 15 is 0 Å². The number of amidine groups is 1. The van der Waals surface area contributed by atoms with Crippen molar-refractivity contribution in [3.8, 4) is 0 Å². The van der Waals surface area contributed by atoms with Crippen LogP contribution in [0.15, 0.2) is 53.5 Å². The summed E-state index contributed by atoms with van der Waals surface area (Å²) in [6.45, 7) is 0.766. The van der Waals surface area contributed by atoms with Gasteiger partial charge in [0.25, 0.3) is 5.91 Å². The van der Waals surface area contributed by atoms with E-state index in [4.69, 9.17) is 11.6 Å². The smallest absolute Gasteiger partial charge is 0.265 e. The first-order valence-corrected chi connectivity index (χ1v) is 8.69. The van der Waals surface area contributed by atoms with Crippen molar-refractivity contribution >= 4 is 51.8 Å². The molecule has 4 rings (SSSR count). The Morgan fingerprint density at radius 2 is 1.91 bits per heavy atom. The van der Waals surface area contributed by atoms with Crippen LogP contribution in [-0.4, -0.2) is 23.4 Å². The average molecular weight is 341 g/mol. The molecule has 0 saturated carbocycles. The molecule has 0 spiro atoms. The molecule has 0 unspecified atom stereocenters. The van der Waals surface area contributed by atoms with E-state index in [1.807, 2.05) is 54.6 Å². The number of anilines is 1. The van der Waals surface area contributed by atoms with Crippen LogP contribution in [0.5, 0.6) is 0 Å². The van der Waals surface area contributed by atoms with Gasteiger partial charge in [0, 0.05) is 16.3 Å². The maximum absolute atomic E-state index is 13.0. The third-order valence-electron chi connectivity index (χ3n) is 3.81. The quantitative estimate of drug-likeness (QED) is 0.724. The Kier molecular flexibility index (Phi) is 3.71. The highest BCUT2D eigenvalue weighted by atomic mass is 35.5. The number of benzene rings is 2. The molecule has 2 aromatic rings. The summed E-state index contributed by atoms with van der Waals surface area (Å²) in [5.74, 6) is 0.909. The summed E-state index contributed by atoms with van der Waals surface area (Å²) in [5.41, 5.74) is 3.50. The van der Waals surface area contributed by atoms with E-state index in [2.05, 4.69) is 4.99 Å². The monoisotopic (exact) mass is 340 g/mol. The van der Waals surface area contributed by atoms with Crippen LogP contribution in [-0.2, 0) is 4.79 Å². The predicted octanol–water partition coefficient (Wildman–Crippen LogP) is 4.33. The van der Waals surface area contributed by atoms with Crippen molar-refractivity contribution in [1.29, 1.82) is 0 Å². The van der Waals surface area contributed by atoms with E-state index in [1.165, 1.54) is 0 Å². The lowest BCUT2D eigenvalue weighted by molar-refractivity contribution is -0.112. The molecule has 0 N–H and O–H groups in total. The Balaban J connectivity index is 1.82. The predicted molar refractivity (Wildman–Crippen MR) is 98.0 cm³/mol. The minimum absolute atomic E-state index is 0.0192. The van der Waals surface area contributed by atoms with Gasteiger partial charge in [-0.25, -0.2) is 0 Å². The number of carbonyl (C=O) groups excluding carboxylic acids is 1. The molecule has 2 aliphatic rings. The van der Waals surface area contributed by atoms with Gasteiger partial charge in [-0.2, -0.15) is 0 Å². The van der Waals surface area contributed by atoms with Crippen LogP contribution in [0.3, 0.4) is 0 Å². The summed E-state index contributed by atoms with van der Waals surface area (Å²) < 4.78 is 0. The first kappa shape index (κ1) is 14.5.